The van der Waals surface area contributed by atoms with Crippen LogP contribution in [0.5, 0.6) is 5.88 Å². The van der Waals surface area contributed by atoms with Gasteiger partial charge in [0.1, 0.15) is 5.69 Å². The zero-order valence-electron chi connectivity index (χ0n) is 17.9. The predicted octanol–water partition coefficient (Wildman–Crippen LogP) is 3.96. The van der Waals surface area contributed by atoms with Gasteiger partial charge in [-0.05, 0) is 37.6 Å². The lowest BCUT2D eigenvalue weighted by Gasteiger charge is -2.17. The van der Waals surface area contributed by atoms with Crippen molar-refractivity contribution in [3.63, 3.8) is 0 Å². The first-order valence-corrected chi connectivity index (χ1v) is 9.75. The lowest BCUT2D eigenvalue weighted by molar-refractivity contribution is -0.137. The number of benzene rings is 1. The van der Waals surface area contributed by atoms with E-state index in [0.29, 0.717) is 16.9 Å². The molecule has 1 aromatic carbocycles. The maximum atomic E-state index is 13.6. The number of aryl methyl sites for hydroxylation is 2. The highest BCUT2D eigenvalue weighted by atomic mass is 19.4. The van der Waals surface area contributed by atoms with E-state index in [1.807, 2.05) is 0 Å². The van der Waals surface area contributed by atoms with Gasteiger partial charge in [-0.25, -0.2) is 20.8 Å². The summed E-state index contributed by atoms with van der Waals surface area (Å²) in [6.45, 7) is 3.32. The number of hydrogen-bond acceptors (Lipinski definition) is 6. The lowest BCUT2D eigenvalue weighted by Crippen LogP contribution is -2.39. The highest BCUT2D eigenvalue weighted by Gasteiger charge is 2.34. The highest BCUT2D eigenvalue weighted by molar-refractivity contribution is 6.04. The standard InChI is InChI=1S/C22H19F3N6O2/c1-12-11-17(14-7-4-5-8-15(14)22(23,24)25)29-31-19(12)27-13(2)20(31)30(26)21(32)16-9-6-10-18(28-16)33-3/h4-11H,26H2,1-3H3. The van der Waals surface area contributed by atoms with Crippen LogP contribution in [-0.4, -0.2) is 32.6 Å². The molecule has 8 nitrogen and oxygen atoms in total. The van der Waals surface area contributed by atoms with Gasteiger partial charge in [0.15, 0.2) is 11.5 Å². The summed E-state index contributed by atoms with van der Waals surface area (Å²) < 4.78 is 47.0. The number of rotatable bonds is 4. The third kappa shape index (κ3) is 3.98. The number of imidazole rings is 1. The second-order valence-electron chi connectivity index (χ2n) is 7.25. The summed E-state index contributed by atoms with van der Waals surface area (Å²) in [6, 6.07) is 11.3. The summed E-state index contributed by atoms with van der Waals surface area (Å²) in [7, 11) is 1.42. The van der Waals surface area contributed by atoms with Gasteiger partial charge in [-0.3, -0.25) is 4.79 Å². The molecule has 4 rings (SSSR count). The number of hydrogen-bond donors (Lipinski definition) is 1. The zero-order chi connectivity index (χ0) is 23.9. The Hall–Kier alpha value is -3.99. The summed E-state index contributed by atoms with van der Waals surface area (Å²) >= 11 is 0. The van der Waals surface area contributed by atoms with Crippen molar-refractivity contribution in [1.29, 1.82) is 0 Å². The van der Waals surface area contributed by atoms with Gasteiger partial charge >= 0.3 is 6.18 Å². The third-order valence-corrected chi connectivity index (χ3v) is 5.02. The molecule has 4 aromatic rings. The molecule has 11 heteroatoms. The number of carbonyl (C=O) groups is 1. The van der Waals surface area contributed by atoms with Crippen molar-refractivity contribution in [1.82, 2.24) is 19.6 Å². The van der Waals surface area contributed by atoms with Crippen molar-refractivity contribution in [2.75, 3.05) is 12.1 Å². The van der Waals surface area contributed by atoms with Gasteiger partial charge in [-0.1, -0.05) is 24.3 Å². The fourth-order valence-corrected chi connectivity index (χ4v) is 3.49. The second-order valence-corrected chi connectivity index (χ2v) is 7.25. The lowest BCUT2D eigenvalue weighted by atomic mass is 10.0. The molecular weight excluding hydrogens is 437 g/mol. The van der Waals surface area contributed by atoms with Crippen molar-refractivity contribution in [2.45, 2.75) is 20.0 Å². The fourth-order valence-electron chi connectivity index (χ4n) is 3.49. The van der Waals surface area contributed by atoms with Crippen molar-refractivity contribution in [3.8, 4) is 17.1 Å². The summed E-state index contributed by atoms with van der Waals surface area (Å²) in [5.41, 5.74) is 0.441. The molecule has 0 saturated carbocycles. The molecule has 0 bridgehead atoms. The molecule has 0 aliphatic rings. The van der Waals surface area contributed by atoms with Gasteiger partial charge in [0.05, 0.1) is 24.1 Å². The number of fused-ring (bicyclic) bond motifs is 1. The number of carbonyl (C=O) groups excluding carboxylic acids is 1. The quantitative estimate of drug-likeness (QED) is 0.284. The first-order chi connectivity index (χ1) is 15.6. The minimum atomic E-state index is -4.57. The maximum Gasteiger partial charge on any atom is 0.417 e. The van der Waals surface area contributed by atoms with E-state index in [0.717, 1.165) is 11.1 Å². The number of alkyl halides is 3. The summed E-state index contributed by atoms with van der Waals surface area (Å²) in [5, 5.41) is 5.19. The third-order valence-electron chi connectivity index (χ3n) is 5.02. The van der Waals surface area contributed by atoms with Crippen LogP contribution in [-0.2, 0) is 6.18 Å². The molecule has 0 atom stereocenters. The first-order valence-electron chi connectivity index (χ1n) is 9.75. The van der Waals surface area contributed by atoms with Gasteiger partial charge in [0, 0.05) is 11.6 Å². The number of pyridine rings is 1. The average molecular weight is 456 g/mol. The average Bonchev–Trinajstić information content (AvgIpc) is 3.14. The molecule has 0 aliphatic heterocycles. The SMILES string of the molecule is COc1cccc(C(=O)N(N)c2c(C)nc3c(C)cc(-c4ccccc4C(F)(F)F)nn23)n1. The minimum Gasteiger partial charge on any atom is -0.481 e. The molecular formula is C22H19F3N6O2. The molecule has 2 N–H and O–H groups in total. The van der Waals surface area contributed by atoms with E-state index in [1.165, 1.54) is 42.0 Å². The van der Waals surface area contributed by atoms with E-state index in [-0.39, 0.29) is 28.6 Å². The Kier molecular flexibility index (Phi) is 5.50. The van der Waals surface area contributed by atoms with Crippen molar-refractivity contribution in [2.24, 2.45) is 5.84 Å². The number of anilines is 1. The Morgan fingerprint density at radius 2 is 1.82 bits per heavy atom. The highest BCUT2D eigenvalue weighted by Crippen LogP contribution is 2.37. The van der Waals surface area contributed by atoms with Crippen molar-refractivity contribution in [3.05, 3.63) is 71.0 Å². The summed E-state index contributed by atoms with van der Waals surface area (Å²) in [5.74, 6) is 5.80. The van der Waals surface area contributed by atoms with Crippen molar-refractivity contribution < 1.29 is 22.7 Å². The van der Waals surface area contributed by atoms with Crippen LogP contribution in [0.25, 0.3) is 16.9 Å². The van der Waals surface area contributed by atoms with E-state index >= 15 is 0 Å². The number of nitrogens with two attached hydrogens (primary N) is 1. The molecule has 0 aliphatic carbocycles. The number of hydrazine groups is 1. The van der Waals surface area contributed by atoms with E-state index in [1.54, 1.807) is 26.0 Å². The summed E-state index contributed by atoms with van der Waals surface area (Å²) in [6.07, 6.45) is -4.57. The van der Waals surface area contributed by atoms with Gasteiger partial charge < -0.3 is 4.74 Å². The van der Waals surface area contributed by atoms with Crippen LogP contribution in [0.1, 0.15) is 27.3 Å². The van der Waals surface area contributed by atoms with E-state index in [9.17, 15) is 18.0 Å². The van der Waals surface area contributed by atoms with Crippen molar-refractivity contribution >= 4 is 17.4 Å². The monoisotopic (exact) mass is 456 g/mol. The second kappa shape index (κ2) is 8.17. The molecule has 0 unspecified atom stereocenters. The fraction of sp³-hybridized carbons (Fsp3) is 0.182. The molecule has 33 heavy (non-hydrogen) atoms. The Morgan fingerprint density at radius 3 is 2.52 bits per heavy atom. The summed E-state index contributed by atoms with van der Waals surface area (Å²) in [4.78, 5) is 21.5. The van der Waals surface area contributed by atoms with E-state index in [2.05, 4.69) is 15.1 Å². The minimum absolute atomic E-state index is 0.0153. The number of methoxy groups -OCH3 is 1. The van der Waals surface area contributed by atoms with Crippen LogP contribution in [0, 0.1) is 13.8 Å². The van der Waals surface area contributed by atoms with E-state index < -0.39 is 17.6 Å². The molecule has 0 saturated heterocycles. The first kappa shape index (κ1) is 22.2. The number of aromatic nitrogens is 4. The number of nitrogens with zero attached hydrogens (tertiary/aromatic N) is 5. The normalized spacial score (nSPS) is 11.6. The maximum absolute atomic E-state index is 13.6. The molecule has 3 heterocycles. The zero-order valence-corrected chi connectivity index (χ0v) is 17.9. The predicted molar refractivity (Wildman–Crippen MR) is 115 cm³/mol. The smallest absolute Gasteiger partial charge is 0.417 e. The Labute approximate surface area is 186 Å². The Morgan fingerprint density at radius 1 is 1.09 bits per heavy atom. The number of amides is 1. The van der Waals surface area contributed by atoms with Gasteiger partial charge in [0.25, 0.3) is 5.91 Å². The number of halogens is 3. The van der Waals surface area contributed by atoms with E-state index in [4.69, 9.17) is 10.6 Å². The van der Waals surface area contributed by atoms with Crippen LogP contribution < -0.4 is 15.6 Å². The Bertz CT molecular complexity index is 1370. The molecule has 1 amide bonds. The van der Waals surface area contributed by atoms with Crippen LogP contribution in [0.3, 0.4) is 0 Å². The van der Waals surface area contributed by atoms with Crippen LogP contribution in [0.15, 0.2) is 48.5 Å². The van der Waals surface area contributed by atoms with Gasteiger partial charge in [-0.2, -0.15) is 22.8 Å². The van der Waals surface area contributed by atoms with Gasteiger partial charge in [-0.15, -0.1) is 0 Å². The Balaban J connectivity index is 1.87. The van der Waals surface area contributed by atoms with Crippen LogP contribution >= 0.6 is 0 Å². The molecule has 0 fully saturated rings. The molecule has 3 aromatic heterocycles. The molecule has 170 valence electrons. The molecule has 0 radical (unpaired) electrons. The largest absolute Gasteiger partial charge is 0.481 e. The topological polar surface area (TPSA) is 98.6 Å². The van der Waals surface area contributed by atoms with Gasteiger partial charge in [0.2, 0.25) is 5.88 Å². The molecule has 0 spiro atoms. The van der Waals surface area contributed by atoms with Crippen LogP contribution in [0.4, 0.5) is 19.0 Å². The van der Waals surface area contributed by atoms with Crippen LogP contribution in [0.2, 0.25) is 0 Å². The number of ether oxygens (including phenoxy) is 1.